The van der Waals surface area contributed by atoms with Crippen LogP contribution in [-0.2, 0) is 9.53 Å². The Morgan fingerprint density at radius 2 is 2.12 bits per heavy atom. The van der Waals surface area contributed by atoms with E-state index in [2.05, 4.69) is 15.4 Å². The Kier molecular flexibility index (Phi) is 6.24. The Hall–Kier alpha value is -2.29. The molecule has 2 N–H and O–H groups in total. The van der Waals surface area contributed by atoms with Gasteiger partial charge in [-0.1, -0.05) is 0 Å². The molecule has 25 heavy (non-hydrogen) atoms. The van der Waals surface area contributed by atoms with Crippen LogP contribution < -0.4 is 15.4 Å². The summed E-state index contributed by atoms with van der Waals surface area (Å²) < 4.78 is 46.5. The van der Waals surface area contributed by atoms with E-state index in [9.17, 15) is 22.8 Å². The highest BCUT2D eigenvalue weighted by atomic mass is 19.4. The maximum atomic E-state index is 12.4. The number of anilines is 1. The van der Waals surface area contributed by atoms with E-state index in [1.165, 1.54) is 12.1 Å². The molecule has 1 fully saturated rings. The zero-order valence-electron chi connectivity index (χ0n) is 13.6. The lowest BCUT2D eigenvalue weighted by Gasteiger charge is -2.16. The Labute approximate surface area is 142 Å². The first-order chi connectivity index (χ1) is 11.8. The summed E-state index contributed by atoms with van der Waals surface area (Å²) in [6.07, 6.45) is -2.49. The molecule has 6 nitrogen and oxygen atoms in total. The topological polar surface area (TPSA) is 76.7 Å². The standard InChI is InChI=1S/C16H19F3N2O4/c1-24-15(23)10-4-5-12(13(7-10)25-9-16(17,18)19)21-14(22)8-11-3-2-6-20-11/h4-5,7,11,20H,2-3,6,8-9H2,1H3,(H,21,22). The molecule has 1 atom stereocenters. The van der Waals surface area contributed by atoms with Gasteiger partial charge < -0.3 is 20.1 Å². The van der Waals surface area contributed by atoms with Gasteiger partial charge in [-0.15, -0.1) is 0 Å². The van der Waals surface area contributed by atoms with Crippen molar-refractivity contribution in [3.05, 3.63) is 23.8 Å². The molecule has 1 heterocycles. The highest BCUT2D eigenvalue weighted by Crippen LogP contribution is 2.29. The van der Waals surface area contributed by atoms with Crippen molar-refractivity contribution in [1.82, 2.24) is 5.32 Å². The van der Waals surface area contributed by atoms with Crippen molar-refractivity contribution in [2.24, 2.45) is 0 Å². The second-order valence-electron chi connectivity index (χ2n) is 5.65. The van der Waals surface area contributed by atoms with Gasteiger partial charge in [0.2, 0.25) is 5.91 Å². The van der Waals surface area contributed by atoms with Crippen molar-refractivity contribution in [3.63, 3.8) is 0 Å². The van der Waals surface area contributed by atoms with Crippen LogP contribution in [0, 0.1) is 0 Å². The number of carbonyl (C=O) groups is 2. The number of rotatable bonds is 6. The van der Waals surface area contributed by atoms with Gasteiger partial charge in [0.25, 0.3) is 0 Å². The number of amides is 1. The Morgan fingerprint density at radius 1 is 1.36 bits per heavy atom. The molecule has 0 aliphatic carbocycles. The van der Waals surface area contributed by atoms with E-state index in [-0.39, 0.29) is 35.4 Å². The Bertz CT molecular complexity index is 628. The van der Waals surface area contributed by atoms with Crippen molar-refractivity contribution in [3.8, 4) is 5.75 Å². The normalized spacial score (nSPS) is 17.2. The minimum atomic E-state index is -4.55. The molecule has 1 unspecified atom stereocenters. The first kappa shape index (κ1) is 19.0. The number of nitrogens with one attached hydrogen (secondary N) is 2. The molecule has 1 aliphatic rings. The molecule has 0 spiro atoms. The lowest BCUT2D eigenvalue weighted by atomic mass is 10.1. The summed E-state index contributed by atoms with van der Waals surface area (Å²) in [7, 11) is 1.16. The molecule has 1 aliphatic heterocycles. The second kappa shape index (κ2) is 8.19. The minimum absolute atomic E-state index is 0.0233. The predicted octanol–water partition coefficient (Wildman–Crippen LogP) is 2.49. The number of benzene rings is 1. The third-order valence-electron chi connectivity index (χ3n) is 3.66. The molecule has 2 rings (SSSR count). The summed E-state index contributed by atoms with van der Waals surface area (Å²) in [5, 5.41) is 5.70. The van der Waals surface area contributed by atoms with Gasteiger partial charge in [0.1, 0.15) is 5.75 Å². The average Bonchev–Trinajstić information content (AvgIpc) is 3.05. The van der Waals surface area contributed by atoms with E-state index in [0.29, 0.717) is 0 Å². The maximum Gasteiger partial charge on any atom is 0.422 e. The van der Waals surface area contributed by atoms with Gasteiger partial charge in [-0.3, -0.25) is 4.79 Å². The molecule has 0 bridgehead atoms. The van der Waals surface area contributed by atoms with E-state index < -0.39 is 18.8 Å². The summed E-state index contributed by atoms with van der Waals surface area (Å²) in [6.45, 7) is -0.698. The first-order valence-corrected chi connectivity index (χ1v) is 7.73. The van der Waals surface area contributed by atoms with E-state index in [4.69, 9.17) is 4.74 Å². The predicted molar refractivity (Wildman–Crippen MR) is 83.6 cm³/mol. The smallest absolute Gasteiger partial charge is 0.422 e. The quantitative estimate of drug-likeness (QED) is 0.763. The van der Waals surface area contributed by atoms with Crippen molar-refractivity contribution >= 4 is 17.6 Å². The molecule has 0 saturated carbocycles. The highest BCUT2D eigenvalue weighted by molar-refractivity contribution is 5.95. The van der Waals surface area contributed by atoms with E-state index in [1.54, 1.807) is 0 Å². The van der Waals surface area contributed by atoms with Crippen LogP contribution in [-0.4, -0.2) is 44.4 Å². The third kappa shape index (κ3) is 5.93. The maximum absolute atomic E-state index is 12.4. The SMILES string of the molecule is COC(=O)c1ccc(NC(=O)CC2CCCN2)c(OCC(F)(F)F)c1. The van der Waals surface area contributed by atoms with Crippen LogP contribution in [0.25, 0.3) is 0 Å². The van der Waals surface area contributed by atoms with Crippen molar-refractivity contribution in [2.75, 3.05) is 25.6 Å². The highest BCUT2D eigenvalue weighted by Gasteiger charge is 2.29. The van der Waals surface area contributed by atoms with Gasteiger partial charge in [0.15, 0.2) is 6.61 Å². The zero-order chi connectivity index (χ0) is 18.4. The van der Waals surface area contributed by atoms with Gasteiger partial charge in [0.05, 0.1) is 18.4 Å². The van der Waals surface area contributed by atoms with Crippen molar-refractivity contribution in [1.29, 1.82) is 0 Å². The van der Waals surface area contributed by atoms with Crippen LogP contribution in [0.1, 0.15) is 29.6 Å². The van der Waals surface area contributed by atoms with Gasteiger partial charge >= 0.3 is 12.1 Å². The molecule has 138 valence electrons. The summed E-state index contributed by atoms with van der Waals surface area (Å²) >= 11 is 0. The monoisotopic (exact) mass is 360 g/mol. The summed E-state index contributed by atoms with van der Waals surface area (Å²) in [5.74, 6) is -1.31. The fourth-order valence-corrected chi connectivity index (χ4v) is 2.51. The number of alkyl halides is 3. The molecule has 1 saturated heterocycles. The lowest BCUT2D eigenvalue weighted by Crippen LogP contribution is -2.27. The number of ether oxygens (including phenoxy) is 2. The molecule has 1 aromatic carbocycles. The van der Waals surface area contributed by atoms with Crippen molar-refractivity contribution < 1.29 is 32.2 Å². The Morgan fingerprint density at radius 3 is 2.72 bits per heavy atom. The number of halogens is 3. The molecular weight excluding hydrogens is 341 g/mol. The van der Waals surface area contributed by atoms with E-state index >= 15 is 0 Å². The van der Waals surface area contributed by atoms with Gasteiger partial charge in [-0.25, -0.2) is 4.79 Å². The molecule has 0 aromatic heterocycles. The summed E-state index contributed by atoms with van der Waals surface area (Å²) in [5.41, 5.74) is 0.0926. The second-order valence-corrected chi connectivity index (χ2v) is 5.65. The molecule has 0 radical (unpaired) electrons. The number of esters is 1. The number of carbonyl (C=O) groups excluding carboxylic acids is 2. The number of methoxy groups -OCH3 is 1. The minimum Gasteiger partial charge on any atom is -0.482 e. The molecule has 1 amide bonds. The first-order valence-electron chi connectivity index (χ1n) is 7.73. The lowest BCUT2D eigenvalue weighted by molar-refractivity contribution is -0.153. The van der Waals surface area contributed by atoms with E-state index in [0.717, 1.165) is 32.6 Å². The Balaban J connectivity index is 2.13. The molecule has 9 heteroatoms. The molecular formula is C16H19F3N2O4. The summed E-state index contributed by atoms with van der Waals surface area (Å²) in [4.78, 5) is 23.6. The van der Waals surface area contributed by atoms with Gasteiger partial charge in [0, 0.05) is 12.5 Å². The van der Waals surface area contributed by atoms with Crippen LogP contribution in [0.4, 0.5) is 18.9 Å². The summed E-state index contributed by atoms with van der Waals surface area (Å²) in [6, 6.07) is 3.82. The fourth-order valence-electron chi connectivity index (χ4n) is 2.51. The van der Waals surface area contributed by atoms with Crippen LogP contribution in [0.15, 0.2) is 18.2 Å². The third-order valence-corrected chi connectivity index (χ3v) is 3.66. The van der Waals surface area contributed by atoms with Crippen molar-refractivity contribution in [2.45, 2.75) is 31.5 Å². The van der Waals surface area contributed by atoms with E-state index in [1.807, 2.05) is 0 Å². The van der Waals surface area contributed by atoms with Crippen LogP contribution in [0.3, 0.4) is 0 Å². The number of hydrogen-bond donors (Lipinski definition) is 2. The van der Waals surface area contributed by atoms with Crippen LogP contribution in [0.2, 0.25) is 0 Å². The van der Waals surface area contributed by atoms with Gasteiger partial charge in [-0.05, 0) is 37.6 Å². The molecule has 1 aromatic rings. The van der Waals surface area contributed by atoms with Crippen LogP contribution in [0.5, 0.6) is 5.75 Å². The number of hydrogen-bond acceptors (Lipinski definition) is 5. The fraction of sp³-hybridized carbons (Fsp3) is 0.500. The zero-order valence-corrected chi connectivity index (χ0v) is 13.6. The van der Waals surface area contributed by atoms with Gasteiger partial charge in [-0.2, -0.15) is 13.2 Å². The average molecular weight is 360 g/mol. The van der Waals surface area contributed by atoms with Crippen LogP contribution >= 0.6 is 0 Å². The largest absolute Gasteiger partial charge is 0.482 e.